The number of carbonyl (C=O) groups is 1. The Morgan fingerprint density at radius 2 is 1.83 bits per heavy atom. The Balaban J connectivity index is 1.74. The van der Waals surface area contributed by atoms with E-state index < -0.39 is 0 Å². The van der Waals surface area contributed by atoms with Gasteiger partial charge in [-0.05, 0) is 0 Å². The van der Waals surface area contributed by atoms with Crippen LogP contribution in [0.2, 0.25) is 0 Å². The molecule has 1 aromatic carbocycles. The van der Waals surface area contributed by atoms with E-state index in [1.165, 1.54) is 27.7 Å². The lowest BCUT2D eigenvalue weighted by Crippen LogP contribution is -2.28. The number of anilines is 2. The van der Waals surface area contributed by atoms with E-state index in [2.05, 4.69) is 25.6 Å². The van der Waals surface area contributed by atoms with Crippen LogP contribution in [0.15, 0.2) is 63.7 Å². The Hall–Kier alpha value is -2.91. The molecular formula is C15H10N6OS2. The lowest BCUT2D eigenvalue weighted by Gasteiger charge is -2.05. The number of nitrogens with one attached hydrogen (secondary N) is 1. The van der Waals surface area contributed by atoms with Crippen molar-refractivity contribution in [1.29, 1.82) is 0 Å². The number of hydrogen-bond acceptors (Lipinski definition) is 8. The van der Waals surface area contributed by atoms with Crippen molar-refractivity contribution < 1.29 is 4.79 Å². The molecule has 4 rings (SSSR count). The minimum atomic E-state index is -0.326. The summed E-state index contributed by atoms with van der Waals surface area (Å²) in [6.45, 7) is 0. The molecule has 118 valence electrons. The minimum Gasteiger partial charge on any atom is -0.265 e. The maximum absolute atomic E-state index is 12.7. The number of carbonyl (C=O) groups excluding carboxylic acids is 1. The molecule has 0 unspecified atom stereocenters. The number of amides is 1. The number of hydrazone groups is 2. The molecule has 2 aromatic heterocycles. The van der Waals surface area contributed by atoms with Gasteiger partial charge in [-0.1, -0.05) is 30.3 Å². The number of thiazole rings is 2. The molecule has 1 aliphatic rings. The first-order valence-electron chi connectivity index (χ1n) is 6.94. The largest absolute Gasteiger partial charge is 0.303 e. The zero-order chi connectivity index (χ0) is 16.4. The van der Waals surface area contributed by atoms with Gasteiger partial charge in [-0.2, -0.15) is 15.2 Å². The van der Waals surface area contributed by atoms with Crippen molar-refractivity contribution in [1.82, 2.24) is 9.97 Å². The molecule has 0 radical (unpaired) electrons. The Bertz CT molecular complexity index is 903. The smallest absolute Gasteiger partial charge is 0.265 e. The number of nitrogens with zero attached hydrogens (tertiary/aromatic N) is 5. The van der Waals surface area contributed by atoms with E-state index in [1.807, 2.05) is 35.7 Å². The van der Waals surface area contributed by atoms with E-state index in [-0.39, 0.29) is 11.6 Å². The maximum Gasteiger partial charge on any atom is 0.303 e. The number of rotatable bonds is 4. The van der Waals surface area contributed by atoms with Crippen molar-refractivity contribution in [3.8, 4) is 0 Å². The molecule has 3 heterocycles. The van der Waals surface area contributed by atoms with Crippen molar-refractivity contribution in [2.45, 2.75) is 0 Å². The predicted molar refractivity (Wildman–Crippen MR) is 95.8 cm³/mol. The summed E-state index contributed by atoms with van der Waals surface area (Å²) in [5.41, 5.74) is 4.35. The van der Waals surface area contributed by atoms with E-state index in [1.54, 1.807) is 17.8 Å². The highest BCUT2D eigenvalue weighted by Crippen LogP contribution is 2.24. The highest BCUT2D eigenvalue weighted by atomic mass is 32.1. The SMILES string of the molecule is O=C1C(=NNc2nccs2)C(c2ccccc2)=NN1c1nccs1. The summed E-state index contributed by atoms with van der Waals surface area (Å²) in [7, 11) is 0. The highest BCUT2D eigenvalue weighted by Gasteiger charge is 2.35. The van der Waals surface area contributed by atoms with Gasteiger partial charge in [0.15, 0.2) is 5.71 Å². The number of hydrogen-bond donors (Lipinski definition) is 1. The average molecular weight is 354 g/mol. The molecule has 0 saturated heterocycles. The van der Waals surface area contributed by atoms with Crippen LogP contribution < -0.4 is 10.4 Å². The molecular weight excluding hydrogens is 344 g/mol. The summed E-state index contributed by atoms with van der Waals surface area (Å²) >= 11 is 2.74. The van der Waals surface area contributed by atoms with Crippen LogP contribution in [-0.4, -0.2) is 27.3 Å². The van der Waals surface area contributed by atoms with Crippen LogP contribution in [0.4, 0.5) is 10.3 Å². The van der Waals surface area contributed by atoms with E-state index in [9.17, 15) is 4.79 Å². The van der Waals surface area contributed by atoms with Crippen LogP contribution in [0.5, 0.6) is 0 Å². The minimum absolute atomic E-state index is 0.228. The van der Waals surface area contributed by atoms with E-state index in [0.717, 1.165) is 5.56 Å². The van der Waals surface area contributed by atoms with Gasteiger partial charge < -0.3 is 0 Å². The zero-order valence-electron chi connectivity index (χ0n) is 12.2. The maximum atomic E-state index is 12.7. The van der Waals surface area contributed by atoms with Gasteiger partial charge in [0.1, 0.15) is 5.71 Å². The summed E-state index contributed by atoms with van der Waals surface area (Å²) in [4.78, 5) is 21.0. The van der Waals surface area contributed by atoms with E-state index >= 15 is 0 Å². The normalized spacial score (nSPS) is 15.8. The number of aromatic nitrogens is 2. The standard InChI is InChI=1S/C15H10N6OS2/c22-13-12(18-19-14-16-6-8-23-14)11(10-4-2-1-3-5-10)20-21(13)15-17-7-9-24-15/h1-9H,(H,16,19). The summed E-state index contributed by atoms with van der Waals surface area (Å²) in [6.07, 6.45) is 3.30. The monoisotopic (exact) mass is 354 g/mol. The van der Waals surface area contributed by atoms with Crippen molar-refractivity contribution in [3.63, 3.8) is 0 Å². The van der Waals surface area contributed by atoms with Gasteiger partial charge in [0.2, 0.25) is 10.3 Å². The molecule has 0 bridgehead atoms. The molecule has 0 fully saturated rings. The second-order valence-corrected chi connectivity index (χ2v) is 6.42. The summed E-state index contributed by atoms with van der Waals surface area (Å²) in [6, 6.07) is 9.46. The Morgan fingerprint density at radius 3 is 2.54 bits per heavy atom. The van der Waals surface area contributed by atoms with Crippen molar-refractivity contribution >= 4 is 50.3 Å². The predicted octanol–water partition coefficient (Wildman–Crippen LogP) is 2.82. The van der Waals surface area contributed by atoms with Crippen molar-refractivity contribution in [2.75, 3.05) is 10.4 Å². The van der Waals surface area contributed by atoms with Gasteiger partial charge in [-0.25, -0.2) is 9.97 Å². The molecule has 7 nitrogen and oxygen atoms in total. The third-order valence-electron chi connectivity index (χ3n) is 3.16. The first-order chi connectivity index (χ1) is 11.8. The fourth-order valence-electron chi connectivity index (χ4n) is 2.12. The third kappa shape index (κ3) is 2.70. The lowest BCUT2D eigenvalue weighted by molar-refractivity contribution is -0.112. The first-order valence-corrected chi connectivity index (χ1v) is 8.70. The first kappa shape index (κ1) is 14.7. The Morgan fingerprint density at radius 1 is 1.04 bits per heavy atom. The van der Waals surface area contributed by atoms with Crippen LogP contribution in [-0.2, 0) is 4.79 Å². The summed E-state index contributed by atoms with van der Waals surface area (Å²) in [5.74, 6) is -0.326. The van der Waals surface area contributed by atoms with Crippen molar-refractivity contribution in [2.24, 2.45) is 10.2 Å². The van der Waals surface area contributed by atoms with Gasteiger partial charge in [-0.3, -0.25) is 10.2 Å². The van der Waals surface area contributed by atoms with Crippen LogP contribution in [0, 0.1) is 0 Å². The quantitative estimate of drug-likeness (QED) is 0.730. The van der Waals surface area contributed by atoms with Gasteiger partial charge in [-0.15, -0.1) is 22.7 Å². The van der Waals surface area contributed by atoms with Gasteiger partial charge in [0.25, 0.3) is 0 Å². The fourth-order valence-corrected chi connectivity index (χ4v) is 3.18. The third-order valence-corrected chi connectivity index (χ3v) is 4.59. The van der Waals surface area contributed by atoms with E-state index in [4.69, 9.17) is 0 Å². The van der Waals surface area contributed by atoms with Crippen molar-refractivity contribution in [3.05, 3.63) is 59.0 Å². The van der Waals surface area contributed by atoms with Crippen LogP contribution in [0.25, 0.3) is 0 Å². The lowest BCUT2D eigenvalue weighted by atomic mass is 10.1. The molecule has 1 N–H and O–H groups in total. The molecule has 1 amide bonds. The van der Waals surface area contributed by atoms with E-state index in [0.29, 0.717) is 16.0 Å². The van der Waals surface area contributed by atoms with Crippen LogP contribution in [0.1, 0.15) is 5.56 Å². The molecule has 3 aromatic rings. The van der Waals surface area contributed by atoms with Gasteiger partial charge in [0, 0.05) is 28.7 Å². The molecule has 0 saturated carbocycles. The second-order valence-electron chi connectivity index (χ2n) is 4.66. The van der Waals surface area contributed by atoms with Crippen LogP contribution >= 0.6 is 22.7 Å². The molecule has 0 aliphatic carbocycles. The molecule has 24 heavy (non-hydrogen) atoms. The molecule has 1 aliphatic heterocycles. The molecule has 9 heteroatoms. The Labute approximate surface area is 145 Å². The zero-order valence-corrected chi connectivity index (χ0v) is 13.8. The topological polar surface area (TPSA) is 82.8 Å². The molecule has 0 atom stereocenters. The Kier molecular flexibility index (Phi) is 3.85. The summed E-state index contributed by atoms with van der Waals surface area (Å²) < 4.78 is 0. The average Bonchev–Trinajstić information content (AvgIpc) is 3.35. The molecule has 0 spiro atoms. The summed E-state index contributed by atoms with van der Waals surface area (Å²) in [5, 5.41) is 14.7. The number of benzene rings is 1. The van der Waals surface area contributed by atoms with Gasteiger partial charge >= 0.3 is 5.91 Å². The second kappa shape index (κ2) is 6.30. The van der Waals surface area contributed by atoms with Gasteiger partial charge in [0.05, 0.1) is 0 Å². The van der Waals surface area contributed by atoms with Crippen LogP contribution in [0.3, 0.4) is 0 Å². The fraction of sp³-hybridized carbons (Fsp3) is 0. The highest BCUT2D eigenvalue weighted by molar-refractivity contribution is 7.14.